The monoisotopic (exact) mass is 337 g/mol. The largest absolute Gasteiger partial charge is 0.496 e. The number of ether oxygens (including phenoxy) is 1. The third kappa shape index (κ3) is 4.09. The third-order valence-corrected chi connectivity index (χ3v) is 4.68. The highest BCUT2D eigenvalue weighted by atomic mass is 16.5. The summed E-state index contributed by atoms with van der Waals surface area (Å²) in [6.07, 6.45) is 3.77. The number of para-hydroxylation sites is 1. The molecule has 0 radical (unpaired) electrons. The fraction of sp³-hybridized carbons (Fsp3) is 0.286. The molecule has 4 heteroatoms. The van der Waals surface area contributed by atoms with Crippen molar-refractivity contribution >= 4 is 17.6 Å². The molecule has 2 aromatic carbocycles. The molecule has 0 aromatic heterocycles. The van der Waals surface area contributed by atoms with Crippen LogP contribution in [0.2, 0.25) is 0 Å². The molecular weight excluding hydrogens is 314 g/mol. The van der Waals surface area contributed by atoms with Crippen LogP contribution in [-0.2, 0) is 4.79 Å². The molecule has 1 amide bonds. The van der Waals surface area contributed by atoms with Crippen LogP contribution in [0.5, 0.6) is 5.75 Å². The van der Waals surface area contributed by atoms with Crippen LogP contribution in [0.3, 0.4) is 0 Å². The zero-order chi connectivity index (χ0) is 17.7. The lowest BCUT2D eigenvalue weighted by Gasteiger charge is -2.15. The number of nitrogens with one attached hydrogen (secondary N) is 1. The van der Waals surface area contributed by atoms with Gasteiger partial charge in [-0.05, 0) is 30.5 Å². The minimum Gasteiger partial charge on any atom is -0.496 e. The molecule has 1 saturated carbocycles. The standard InChI is InChI=1S/C21H23NO3/c1-25-19-10-6-5-9-17(19)13-18(16-7-3-2-4-8-16)20(24)22-14-21(15-23)11-12-21/h2-10,13,23H,11-12,14-15H2,1H3,(H,22,24)/b18-13+. The van der Waals surface area contributed by atoms with Gasteiger partial charge in [0.05, 0.1) is 13.7 Å². The minimum absolute atomic E-state index is 0.115. The van der Waals surface area contributed by atoms with E-state index in [0.29, 0.717) is 12.1 Å². The first-order valence-electron chi connectivity index (χ1n) is 8.47. The van der Waals surface area contributed by atoms with E-state index in [0.717, 1.165) is 29.7 Å². The molecule has 130 valence electrons. The number of rotatable bonds is 7. The first kappa shape index (κ1) is 17.2. The second-order valence-corrected chi connectivity index (χ2v) is 6.51. The molecule has 4 nitrogen and oxygen atoms in total. The Balaban J connectivity index is 1.90. The molecule has 0 bridgehead atoms. The van der Waals surface area contributed by atoms with Crippen LogP contribution >= 0.6 is 0 Å². The number of aliphatic hydroxyl groups excluding tert-OH is 1. The van der Waals surface area contributed by atoms with Crippen molar-refractivity contribution in [1.82, 2.24) is 5.32 Å². The van der Waals surface area contributed by atoms with Crippen LogP contribution < -0.4 is 10.1 Å². The average Bonchev–Trinajstić information content (AvgIpc) is 3.46. The van der Waals surface area contributed by atoms with Gasteiger partial charge in [-0.1, -0.05) is 48.5 Å². The second-order valence-electron chi connectivity index (χ2n) is 6.51. The zero-order valence-electron chi connectivity index (χ0n) is 14.4. The van der Waals surface area contributed by atoms with Gasteiger partial charge in [0.2, 0.25) is 0 Å². The van der Waals surface area contributed by atoms with E-state index in [1.165, 1.54) is 0 Å². The van der Waals surface area contributed by atoms with Crippen molar-refractivity contribution in [3.8, 4) is 5.75 Å². The minimum atomic E-state index is -0.142. The van der Waals surface area contributed by atoms with Crippen LogP contribution in [0, 0.1) is 5.41 Å². The first-order valence-corrected chi connectivity index (χ1v) is 8.47. The van der Waals surface area contributed by atoms with Crippen molar-refractivity contribution in [2.45, 2.75) is 12.8 Å². The summed E-state index contributed by atoms with van der Waals surface area (Å²) in [5, 5.41) is 12.4. The summed E-state index contributed by atoms with van der Waals surface area (Å²) in [7, 11) is 1.62. The second kappa shape index (κ2) is 7.53. The number of amides is 1. The van der Waals surface area contributed by atoms with E-state index < -0.39 is 0 Å². The summed E-state index contributed by atoms with van der Waals surface area (Å²) < 4.78 is 5.39. The summed E-state index contributed by atoms with van der Waals surface area (Å²) in [5.74, 6) is 0.578. The van der Waals surface area contributed by atoms with Crippen molar-refractivity contribution in [3.05, 3.63) is 65.7 Å². The molecule has 0 spiro atoms. The molecule has 1 aliphatic carbocycles. The number of carbonyl (C=O) groups is 1. The number of methoxy groups -OCH3 is 1. The van der Waals surface area contributed by atoms with Crippen molar-refractivity contribution < 1.29 is 14.6 Å². The fourth-order valence-electron chi connectivity index (χ4n) is 2.77. The quantitative estimate of drug-likeness (QED) is 0.603. The molecule has 0 unspecified atom stereocenters. The van der Waals surface area contributed by atoms with Gasteiger partial charge in [0.25, 0.3) is 5.91 Å². The Morgan fingerprint density at radius 3 is 2.48 bits per heavy atom. The molecule has 0 heterocycles. The molecule has 2 N–H and O–H groups in total. The number of aliphatic hydroxyl groups is 1. The Bertz CT molecular complexity index is 764. The Kier molecular flexibility index (Phi) is 5.19. The summed E-state index contributed by atoms with van der Waals surface area (Å²) in [5.41, 5.74) is 2.16. The van der Waals surface area contributed by atoms with Gasteiger partial charge >= 0.3 is 0 Å². The maximum absolute atomic E-state index is 12.8. The molecule has 25 heavy (non-hydrogen) atoms. The smallest absolute Gasteiger partial charge is 0.251 e. The maximum atomic E-state index is 12.8. The van der Waals surface area contributed by atoms with Gasteiger partial charge in [-0.2, -0.15) is 0 Å². The van der Waals surface area contributed by atoms with Crippen LogP contribution in [0.1, 0.15) is 24.0 Å². The van der Waals surface area contributed by atoms with Gasteiger partial charge in [0.15, 0.2) is 0 Å². The van der Waals surface area contributed by atoms with Gasteiger partial charge in [-0.3, -0.25) is 4.79 Å². The van der Waals surface area contributed by atoms with E-state index in [1.807, 2.05) is 60.7 Å². The number of carbonyl (C=O) groups excluding carboxylic acids is 1. The predicted octanol–water partition coefficient (Wildman–Crippen LogP) is 3.12. The zero-order valence-corrected chi connectivity index (χ0v) is 14.4. The molecule has 1 aliphatic rings. The highest BCUT2D eigenvalue weighted by Gasteiger charge is 2.42. The highest BCUT2D eigenvalue weighted by Crippen LogP contribution is 2.44. The van der Waals surface area contributed by atoms with Crippen molar-refractivity contribution in [3.63, 3.8) is 0 Å². The van der Waals surface area contributed by atoms with Gasteiger partial charge in [-0.15, -0.1) is 0 Å². The summed E-state index contributed by atoms with van der Waals surface area (Å²) in [4.78, 5) is 12.8. The van der Waals surface area contributed by atoms with E-state index in [2.05, 4.69) is 5.32 Å². The lowest BCUT2D eigenvalue weighted by molar-refractivity contribution is -0.115. The summed E-state index contributed by atoms with van der Waals surface area (Å²) in [6, 6.07) is 17.2. The van der Waals surface area contributed by atoms with Crippen molar-refractivity contribution in [1.29, 1.82) is 0 Å². The normalized spacial score (nSPS) is 15.5. The van der Waals surface area contributed by atoms with Gasteiger partial charge in [0.1, 0.15) is 5.75 Å². The van der Waals surface area contributed by atoms with Crippen molar-refractivity contribution in [2.75, 3.05) is 20.3 Å². The molecule has 0 saturated heterocycles. The van der Waals surface area contributed by atoms with Gasteiger partial charge in [-0.25, -0.2) is 0 Å². The molecule has 0 atom stereocenters. The molecule has 1 fully saturated rings. The summed E-state index contributed by atoms with van der Waals surface area (Å²) in [6.45, 7) is 0.614. The van der Waals surface area contributed by atoms with E-state index in [9.17, 15) is 9.90 Å². The Morgan fingerprint density at radius 1 is 1.16 bits per heavy atom. The van der Waals surface area contributed by atoms with Gasteiger partial charge in [0, 0.05) is 23.1 Å². The van der Waals surface area contributed by atoms with Crippen LogP contribution in [-0.4, -0.2) is 31.3 Å². The number of hydrogen-bond donors (Lipinski definition) is 2. The number of hydrogen-bond acceptors (Lipinski definition) is 3. The first-order chi connectivity index (χ1) is 12.2. The van der Waals surface area contributed by atoms with Crippen LogP contribution in [0.4, 0.5) is 0 Å². The Labute approximate surface area is 148 Å². The predicted molar refractivity (Wildman–Crippen MR) is 99.1 cm³/mol. The Morgan fingerprint density at radius 2 is 1.84 bits per heavy atom. The molecule has 3 rings (SSSR count). The third-order valence-electron chi connectivity index (χ3n) is 4.68. The summed E-state index contributed by atoms with van der Waals surface area (Å²) >= 11 is 0. The Hall–Kier alpha value is -2.59. The highest BCUT2D eigenvalue weighted by molar-refractivity contribution is 6.24. The lowest BCUT2D eigenvalue weighted by atomic mass is 10.0. The van der Waals surface area contributed by atoms with Crippen molar-refractivity contribution in [2.24, 2.45) is 5.41 Å². The molecule has 0 aliphatic heterocycles. The SMILES string of the molecule is COc1ccccc1/C=C(/C(=O)NCC1(CO)CC1)c1ccccc1. The number of benzene rings is 2. The van der Waals surface area contributed by atoms with E-state index in [4.69, 9.17) is 4.74 Å². The maximum Gasteiger partial charge on any atom is 0.251 e. The average molecular weight is 337 g/mol. The fourth-order valence-corrected chi connectivity index (χ4v) is 2.77. The van der Waals surface area contributed by atoms with Gasteiger partial charge < -0.3 is 15.2 Å². The van der Waals surface area contributed by atoms with E-state index in [1.54, 1.807) is 7.11 Å². The van der Waals surface area contributed by atoms with E-state index >= 15 is 0 Å². The molecular formula is C21H23NO3. The van der Waals surface area contributed by atoms with E-state index in [-0.39, 0.29) is 17.9 Å². The van der Waals surface area contributed by atoms with Crippen LogP contribution in [0.25, 0.3) is 11.6 Å². The van der Waals surface area contributed by atoms with Crippen LogP contribution in [0.15, 0.2) is 54.6 Å². The lowest BCUT2D eigenvalue weighted by Crippen LogP contribution is -2.32. The topological polar surface area (TPSA) is 58.6 Å². The molecule has 2 aromatic rings.